The van der Waals surface area contributed by atoms with Gasteiger partial charge in [-0.15, -0.1) is 11.6 Å². The van der Waals surface area contributed by atoms with Crippen LogP contribution in [0.2, 0.25) is 0 Å². The first-order valence-corrected chi connectivity index (χ1v) is 7.52. The van der Waals surface area contributed by atoms with E-state index in [0.29, 0.717) is 5.92 Å². The van der Waals surface area contributed by atoms with Gasteiger partial charge in [0.25, 0.3) is 0 Å². The minimum Gasteiger partial charge on any atom is -0.324 e. The van der Waals surface area contributed by atoms with E-state index in [1.807, 2.05) is 0 Å². The Labute approximate surface area is 120 Å². The van der Waals surface area contributed by atoms with Crippen LogP contribution in [0.3, 0.4) is 0 Å². The van der Waals surface area contributed by atoms with Crippen LogP contribution in [-0.2, 0) is 4.79 Å². The van der Waals surface area contributed by atoms with Crippen LogP contribution in [0.25, 0.3) is 0 Å². The van der Waals surface area contributed by atoms with Gasteiger partial charge in [0.2, 0.25) is 5.91 Å². The van der Waals surface area contributed by atoms with Crippen molar-refractivity contribution in [3.05, 3.63) is 0 Å². The van der Waals surface area contributed by atoms with Crippen LogP contribution >= 0.6 is 11.6 Å². The van der Waals surface area contributed by atoms with Crippen molar-refractivity contribution < 1.29 is 9.59 Å². The smallest absolute Gasteiger partial charge is 0.324 e. The number of carbonyl (C=O) groups is 2. The minimum atomic E-state index is -0.295. The molecule has 5 heteroatoms. The first kappa shape index (κ1) is 16.3. The Morgan fingerprint density at radius 1 is 1.26 bits per heavy atom. The molecule has 1 fully saturated rings. The predicted octanol–water partition coefficient (Wildman–Crippen LogP) is 3.00. The zero-order valence-electron chi connectivity index (χ0n) is 12.2. The van der Waals surface area contributed by atoms with Crippen molar-refractivity contribution in [2.24, 2.45) is 11.3 Å². The average molecular weight is 289 g/mol. The summed E-state index contributed by atoms with van der Waals surface area (Å²) in [6.45, 7) is 8.20. The van der Waals surface area contributed by atoms with Crippen molar-refractivity contribution in [3.63, 3.8) is 0 Å². The third-order valence-corrected chi connectivity index (χ3v) is 4.00. The van der Waals surface area contributed by atoms with E-state index in [9.17, 15) is 9.59 Å². The van der Waals surface area contributed by atoms with Gasteiger partial charge in [-0.05, 0) is 30.6 Å². The Kier molecular flexibility index (Phi) is 6.11. The van der Waals surface area contributed by atoms with Crippen LogP contribution < -0.4 is 5.32 Å². The second-order valence-electron chi connectivity index (χ2n) is 6.27. The number of nitrogens with zero attached hydrogens (tertiary/aromatic N) is 1. The van der Waals surface area contributed by atoms with E-state index < -0.39 is 0 Å². The molecule has 1 saturated heterocycles. The summed E-state index contributed by atoms with van der Waals surface area (Å²) in [7, 11) is 0. The summed E-state index contributed by atoms with van der Waals surface area (Å²) >= 11 is 5.48. The molecule has 0 spiro atoms. The number of carbonyl (C=O) groups excluding carboxylic acids is 2. The molecule has 1 rings (SSSR count). The highest BCUT2D eigenvalue weighted by Gasteiger charge is 2.28. The first-order chi connectivity index (χ1) is 8.84. The summed E-state index contributed by atoms with van der Waals surface area (Å²) in [6, 6.07) is -0.273. The molecule has 1 atom stereocenters. The first-order valence-electron chi connectivity index (χ1n) is 6.99. The third-order valence-electron chi connectivity index (χ3n) is 3.81. The molecule has 3 amide bonds. The van der Waals surface area contributed by atoms with Gasteiger partial charge in [0.05, 0.1) is 0 Å². The van der Waals surface area contributed by atoms with E-state index >= 15 is 0 Å². The van der Waals surface area contributed by atoms with Crippen molar-refractivity contribution in [2.45, 2.75) is 46.5 Å². The number of alkyl halides is 1. The lowest BCUT2D eigenvalue weighted by Gasteiger charge is -2.29. The van der Waals surface area contributed by atoms with Crippen LogP contribution in [0.1, 0.15) is 46.5 Å². The highest BCUT2D eigenvalue weighted by Crippen LogP contribution is 2.34. The topological polar surface area (TPSA) is 49.4 Å². The summed E-state index contributed by atoms with van der Waals surface area (Å²) in [5.41, 5.74) is 0.279. The lowest BCUT2D eigenvalue weighted by atomic mass is 9.77. The largest absolute Gasteiger partial charge is 0.324 e. The molecule has 110 valence electrons. The number of hydrogen-bond donors (Lipinski definition) is 1. The van der Waals surface area contributed by atoms with Gasteiger partial charge in [-0.3, -0.25) is 10.1 Å². The average Bonchev–Trinajstić information content (AvgIpc) is 2.53. The normalized spacial score (nSPS) is 20.8. The molecule has 0 aliphatic carbocycles. The van der Waals surface area contributed by atoms with Crippen molar-refractivity contribution in [1.82, 2.24) is 10.2 Å². The summed E-state index contributed by atoms with van der Waals surface area (Å²) in [5, 5.41) is 2.40. The lowest BCUT2D eigenvalue weighted by molar-refractivity contribution is -0.119. The molecule has 0 aromatic rings. The molecule has 0 bridgehead atoms. The molecule has 0 aromatic heterocycles. The Hall–Kier alpha value is -0.770. The lowest BCUT2D eigenvalue weighted by Crippen LogP contribution is -2.43. The van der Waals surface area contributed by atoms with Crippen molar-refractivity contribution in [1.29, 1.82) is 0 Å². The molecule has 1 unspecified atom stereocenters. The molecule has 1 N–H and O–H groups in total. The molecule has 0 radical (unpaired) electrons. The minimum absolute atomic E-state index is 0.186. The third kappa shape index (κ3) is 5.39. The number of likely N-dealkylation sites (tertiary alicyclic amines) is 1. The van der Waals surface area contributed by atoms with Gasteiger partial charge in [-0.2, -0.15) is 0 Å². The van der Waals surface area contributed by atoms with E-state index in [2.05, 4.69) is 26.1 Å². The summed E-state index contributed by atoms with van der Waals surface area (Å²) in [5.74, 6) is 0.575. The van der Waals surface area contributed by atoms with Gasteiger partial charge in [-0.1, -0.05) is 20.8 Å². The van der Waals surface area contributed by atoms with E-state index in [4.69, 9.17) is 11.6 Å². The fourth-order valence-electron chi connectivity index (χ4n) is 2.51. The van der Waals surface area contributed by atoms with Crippen LogP contribution in [0, 0.1) is 11.3 Å². The van der Waals surface area contributed by atoms with Crippen LogP contribution in [0.5, 0.6) is 0 Å². The van der Waals surface area contributed by atoms with Gasteiger partial charge in [0.15, 0.2) is 0 Å². The van der Waals surface area contributed by atoms with E-state index in [1.54, 1.807) is 4.90 Å². The van der Waals surface area contributed by atoms with Gasteiger partial charge in [-0.25, -0.2) is 4.79 Å². The standard InChI is InChI=1S/C14H25ClN2O2/c1-14(2,3)11-5-4-9-17(10-7-11)13(19)16-12(18)6-8-15/h11H,4-10H2,1-3H3,(H,16,18,19). The molecular weight excluding hydrogens is 264 g/mol. The van der Waals surface area contributed by atoms with Gasteiger partial charge in [0, 0.05) is 25.4 Å². The fourth-order valence-corrected chi connectivity index (χ4v) is 2.68. The Bertz CT molecular complexity index is 326. The van der Waals surface area contributed by atoms with E-state index in [0.717, 1.165) is 32.4 Å². The summed E-state index contributed by atoms with van der Waals surface area (Å²) in [6.07, 6.45) is 3.33. The van der Waals surface area contributed by atoms with Crippen LogP contribution in [0.4, 0.5) is 4.79 Å². The maximum Gasteiger partial charge on any atom is 0.324 e. The quantitative estimate of drug-likeness (QED) is 0.794. The van der Waals surface area contributed by atoms with Crippen molar-refractivity contribution in [3.8, 4) is 0 Å². The number of hydrogen-bond acceptors (Lipinski definition) is 2. The highest BCUT2D eigenvalue weighted by molar-refractivity contribution is 6.19. The summed E-state index contributed by atoms with van der Waals surface area (Å²) < 4.78 is 0. The monoisotopic (exact) mass is 288 g/mol. The zero-order chi connectivity index (χ0) is 14.5. The van der Waals surface area contributed by atoms with Crippen LogP contribution in [-0.4, -0.2) is 35.8 Å². The Morgan fingerprint density at radius 3 is 2.53 bits per heavy atom. The molecule has 1 heterocycles. The number of rotatable bonds is 2. The molecule has 1 aliphatic heterocycles. The highest BCUT2D eigenvalue weighted by atomic mass is 35.5. The number of nitrogens with one attached hydrogen (secondary N) is 1. The molecule has 19 heavy (non-hydrogen) atoms. The Morgan fingerprint density at radius 2 is 1.95 bits per heavy atom. The van der Waals surface area contributed by atoms with Gasteiger partial charge >= 0.3 is 6.03 Å². The predicted molar refractivity (Wildman–Crippen MR) is 77.2 cm³/mol. The van der Waals surface area contributed by atoms with Crippen LogP contribution in [0.15, 0.2) is 0 Å². The van der Waals surface area contributed by atoms with Gasteiger partial charge < -0.3 is 4.90 Å². The number of halogens is 1. The molecular formula is C14H25ClN2O2. The molecule has 0 aromatic carbocycles. The maximum absolute atomic E-state index is 11.9. The maximum atomic E-state index is 11.9. The second-order valence-corrected chi connectivity index (χ2v) is 6.65. The number of imide groups is 1. The number of amides is 3. The second kappa shape index (κ2) is 7.13. The van der Waals surface area contributed by atoms with Gasteiger partial charge in [0.1, 0.15) is 0 Å². The number of urea groups is 1. The fraction of sp³-hybridized carbons (Fsp3) is 0.857. The Balaban J connectivity index is 2.48. The summed E-state index contributed by atoms with van der Waals surface area (Å²) in [4.78, 5) is 25.1. The zero-order valence-corrected chi connectivity index (χ0v) is 12.9. The molecule has 0 saturated carbocycles. The molecule has 4 nitrogen and oxygen atoms in total. The van der Waals surface area contributed by atoms with Crippen molar-refractivity contribution in [2.75, 3.05) is 19.0 Å². The van der Waals surface area contributed by atoms with Crippen molar-refractivity contribution >= 4 is 23.5 Å². The van der Waals surface area contributed by atoms with E-state index in [1.165, 1.54) is 0 Å². The van der Waals surface area contributed by atoms with E-state index in [-0.39, 0.29) is 29.7 Å². The SMILES string of the molecule is CC(C)(C)C1CCCN(C(=O)NC(=O)CCCl)CC1. The molecule has 1 aliphatic rings.